The van der Waals surface area contributed by atoms with Gasteiger partial charge in [-0.25, -0.2) is 0 Å². The minimum atomic E-state index is -0.376. The van der Waals surface area contributed by atoms with Gasteiger partial charge in [-0.05, 0) is 107 Å². The fraction of sp³-hybridized carbons (Fsp3) is 0.480. The lowest BCUT2D eigenvalue weighted by Crippen LogP contribution is -2.37. The van der Waals surface area contributed by atoms with Crippen LogP contribution in [0.1, 0.15) is 96.2 Å². The second kappa shape index (κ2) is 20.4. The average molecular weight is 856 g/mol. The molecule has 1 spiro atoms. The van der Waals surface area contributed by atoms with E-state index in [9.17, 15) is 19.2 Å². The number of carbonyl (C=O) groups excluding carboxylic acids is 3. The lowest BCUT2D eigenvalue weighted by molar-refractivity contribution is -0.201. The van der Waals surface area contributed by atoms with E-state index in [-0.39, 0.29) is 47.2 Å². The molecule has 1 aromatic heterocycles. The molecule has 3 amide bonds. The molecular weight excluding hydrogens is 795 g/mol. The van der Waals surface area contributed by atoms with Gasteiger partial charge in [0.2, 0.25) is 5.91 Å². The number of pyridine rings is 1. The van der Waals surface area contributed by atoms with Crippen LogP contribution in [0.15, 0.2) is 57.4 Å². The normalized spacial score (nSPS) is 17.2. The van der Waals surface area contributed by atoms with Crippen LogP contribution in [-0.2, 0) is 32.0 Å². The molecule has 0 atom stereocenters. The lowest BCUT2D eigenvalue weighted by Gasteiger charge is -2.28. The fourth-order valence-electron chi connectivity index (χ4n) is 7.28. The Hall–Kier alpha value is -6.02. The number of rotatable bonds is 8. The van der Waals surface area contributed by atoms with Crippen LogP contribution in [0.5, 0.6) is 0 Å². The van der Waals surface area contributed by atoms with Gasteiger partial charge in [-0.15, -0.1) is 0 Å². The molecule has 13 heteroatoms. The van der Waals surface area contributed by atoms with Crippen molar-refractivity contribution < 1.29 is 23.9 Å². The maximum Gasteiger partial charge on any atom is 0.280 e. The number of nitrogens with two attached hydrogens (primary N) is 1. The van der Waals surface area contributed by atoms with Crippen LogP contribution in [-0.4, -0.2) is 92.9 Å². The molecular formula is C50H61N7O6. The topological polar surface area (TPSA) is 152 Å². The molecule has 2 aromatic carbocycles. The number of nitrogens with zero attached hydrogens (tertiary/aromatic N) is 6. The number of ether oxygens (including phenoxy) is 2. The Morgan fingerprint density at radius 2 is 1.56 bits per heavy atom. The Balaban J connectivity index is 0.000000202. The largest absolute Gasteiger partial charge is 0.350 e. The van der Waals surface area contributed by atoms with Crippen molar-refractivity contribution in [1.29, 1.82) is 0 Å². The van der Waals surface area contributed by atoms with Crippen LogP contribution < -0.4 is 21.2 Å². The molecule has 0 bridgehead atoms. The molecule has 13 nitrogen and oxygen atoms in total. The summed E-state index contributed by atoms with van der Waals surface area (Å²) in [6.07, 6.45) is 8.89. The number of amides is 3. The minimum Gasteiger partial charge on any atom is -0.350 e. The summed E-state index contributed by atoms with van der Waals surface area (Å²) in [5.74, 6) is 19.0. The molecule has 332 valence electrons. The third-order valence-electron chi connectivity index (χ3n) is 11.9. The van der Waals surface area contributed by atoms with Crippen LogP contribution in [0.3, 0.4) is 0 Å². The third kappa shape index (κ3) is 11.5. The quantitative estimate of drug-likeness (QED) is 0.130. The maximum atomic E-state index is 13.3. The number of anilines is 2. The van der Waals surface area contributed by atoms with Crippen molar-refractivity contribution in [3.05, 3.63) is 91.9 Å². The summed E-state index contributed by atoms with van der Waals surface area (Å²) in [6.45, 7) is 11.9. The average Bonchev–Trinajstić information content (AvgIpc) is 4.22. The van der Waals surface area contributed by atoms with E-state index in [0.717, 1.165) is 71.7 Å². The number of hydrogen-bond acceptors (Lipinski definition) is 9. The number of hydrazone groups is 1. The van der Waals surface area contributed by atoms with E-state index in [1.807, 2.05) is 52.0 Å². The van der Waals surface area contributed by atoms with Gasteiger partial charge in [-0.2, -0.15) is 5.10 Å². The van der Waals surface area contributed by atoms with Crippen molar-refractivity contribution >= 4 is 41.0 Å². The zero-order valence-electron chi connectivity index (χ0n) is 38.0. The summed E-state index contributed by atoms with van der Waals surface area (Å²) in [5, 5.41) is 3.71. The van der Waals surface area contributed by atoms with E-state index in [1.165, 1.54) is 53.5 Å². The van der Waals surface area contributed by atoms with Crippen LogP contribution in [0, 0.1) is 61.7 Å². The van der Waals surface area contributed by atoms with Crippen molar-refractivity contribution in [3.8, 4) is 23.7 Å². The first kappa shape index (κ1) is 46.5. The summed E-state index contributed by atoms with van der Waals surface area (Å²) < 4.78 is 12.8. The first-order valence-corrected chi connectivity index (χ1v) is 22.0. The zero-order valence-corrected chi connectivity index (χ0v) is 38.0. The number of carbonyl (C=O) groups is 3. The van der Waals surface area contributed by atoms with E-state index in [4.69, 9.17) is 15.3 Å². The summed E-state index contributed by atoms with van der Waals surface area (Å²) in [7, 11) is 4.98. The Labute approximate surface area is 371 Å². The van der Waals surface area contributed by atoms with E-state index < -0.39 is 0 Å². The molecule has 5 aliphatic rings. The predicted octanol–water partition coefficient (Wildman–Crippen LogP) is 5.80. The number of likely N-dealkylation sites (N-methyl/N-ethyl adjacent to an activating group) is 1. The summed E-state index contributed by atoms with van der Waals surface area (Å²) in [6, 6.07) is 12.8. The van der Waals surface area contributed by atoms with Crippen LogP contribution >= 0.6 is 0 Å². The van der Waals surface area contributed by atoms with Crippen molar-refractivity contribution in [2.75, 3.05) is 57.2 Å². The highest BCUT2D eigenvalue weighted by Crippen LogP contribution is 2.48. The smallest absolute Gasteiger partial charge is 0.280 e. The Kier molecular flexibility index (Phi) is 15.1. The molecule has 2 aliphatic heterocycles. The Bertz CT molecular complexity index is 2460. The first-order chi connectivity index (χ1) is 30.3. The predicted molar refractivity (Wildman–Crippen MR) is 248 cm³/mol. The van der Waals surface area contributed by atoms with Crippen LogP contribution in [0.2, 0.25) is 0 Å². The second-order valence-electron chi connectivity index (χ2n) is 17.0. The van der Waals surface area contributed by atoms with Crippen molar-refractivity contribution in [3.63, 3.8) is 0 Å². The first-order valence-electron chi connectivity index (χ1n) is 22.0. The van der Waals surface area contributed by atoms with Gasteiger partial charge in [0.15, 0.2) is 12.0 Å². The highest BCUT2D eigenvalue weighted by molar-refractivity contribution is 6.63. The van der Waals surface area contributed by atoms with Gasteiger partial charge in [0.05, 0.1) is 37.2 Å². The molecule has 1 saturated heterocycles. The standard InChI is InChI=1S/C24H28N4O3.C24H27N3O3.C2H6/c1-16-2-6-18(7-5-17-3-4-17)19-8-11-28(22(16)19)23(29)20(27-25)12-26-13-21-30-14-24(9-10-24)15-31-21;1-16-6-7-19(11-10-18-8-9-18)14-21(16)26(5)24(30)20-12-13-22(28)27(17(20)2)15-23(29)25(3)4;1-2/h2,6,12,17,21H,3-4,8-11,13-15,25H2,1H3;6-7,12-14,18H,8-9,15H2,1-5H3;1-2H3/b26-12?,27-20+;;. The van der Waals surface area contributed by atoms with Crippen LogP contribution in [0.25, 0.3) is 0 Å². The van der Waals surface area contributed by atoms with Gasteiger partial charge < -0.3 is 34.6 Å². The molecule has 2 N–H and O–H groups in total. The number of fused-ring (bicyclic) bond motifs is 1. The maximum absolute atomic E-state index is 13.3. The Morgan fingerprint density at radius 3 is 2.17 bits per heavy atom. The molecule has 8 rings (SSSR count). The number of aryl methyl sites for hydroxylation is 2. The molecule has 4 fully saturated rings. The number of aliphatic imine (C=N–C) groups is 1. The third-order valence-corrected chi connectivity index (χ3v) is 11.9. The second-order valence-corrected chi connectivity index (χ2v) is 17.0. The van der Waals surface area contributed by atoms with Gasteiger partial charge in [0, 0.05) is 73.5 Å². The highest BCUT2D eigenvalue weighted by Gasteiger charge is 2.46. The summed E-state index contributed by atoms with van der Waals surface area (Å²) >= 11 is 0. The molecule has 3 aromatic rings. The summed E-state index contributed by atoms with van der Waals surface area (Å²) in [5.41, 5.74) is 7.64. The molecule has 3 aliphatic carbocycles. The van der Waals surface area contributed by atoms with Gasteiger partial charge in [-0.1, -0.05) is 49.7 Å². The highest BCUT2D eigenvalue weighted by atomic mass is 16.7. The molecule has 0 radical (unpaired) electrons. The van der Waals surface area contributed by atoms with E-state index >= 15 is 0 Å². The van der Waals surface area contributed by atoms with Gasteiger partial charge in [0.1, 0.15) is 6.54 Å². The molecule has 63 heavy (non-hydrogen) atoms. The molecule has 3 heterocycles. The van der Waals surface area contributed by atoms with Crippen molar-refractivity contribution in [1.82, 2.24) is 9.47 Å². The Morgan fingerprint density at radius 1 is 0.905 bits per heavy atom. The lowest BCUT2D eigenvalue weighted by atomic mass is 10.0. The minimum absolute atomic E-state index is 0.103. The monoisotopic (exact) mass is 855 g/mol. The van der Waals surface area contributed by atoms with Gasteiger partial charge in [-0.3, -0.25) is 24.2 Å². The number of hydrogen-bond donors (Lipinski definition) is 1. The number of benzene rings is 2. The van der Waals surface area contributed by atoms with Gasteiger partial charge >= 0.3 is 0 Å². The van der Waals surface area contributed by atoms with Crippen LogP contribution in [0.4, 0.5) is 11.4 Å². The SMILES string of the molecule is CC.Cc1ccc(C#CC2CC2)c2c1N(C(=O)/C(C=NCC1OCC3(CC3)CO1)=N/N)CC2.Cc1ccc(C#CC2CC2)cc1N(C)C(=O)c1ccc(=O)n(CC(=O)N(C)C)c1C. The zero-order chi connectivity index (χ0) is 45.4. The van der Waals surface area contributed by atoms with E-state index in [2.05, 4.69) is 39.8 Å². The van der Waals surface area contributed by atoms with E-state index in [0.29, 0.717) is 36.2 Å². The summed E-state index contributed by atoms with van der Waals surface area (Å²) in [4.78, 5) is 59.9. The van der Waals surface area contributed by atoms with Gasteiger partial charge in [0.25, 0.3) is 17.4 Å². The fourth-order valence-corrected chi connectivity index (χ4v) is 7.28. The van der Waals surface area contributed by atoms with Crippen molar-refractivity contribution in [2.45, 2.75) is 92.4 Å². The van der Waals surface area contributed by atoms with Crippen molar-refractivity contribution in [2.24, 2.45) is 33.2 Å². The molecule has 0 unspecified atom stereocenters. The van der Waals surface area contributed by atoms with E-state index in [1.54, 1.807) is 37.9 Å². The molecule has 3 saturated carbocycles. The number of aromatic nitrogens is 1.